The lowest BCUT2D eigenvalue weighted by molar-refractivity contribution is -0.133. The van der Waals surface area contributed by atoms with Gasteiger partial charge in [0, 0.05) is 0 Å². The number of carbonyl (C=O) groups is 1. The van der Waals surface area contributed by atoms with Crippen molar-refractivity contribution in [2.45, 2.75) is 0 Å². The molecule has 0 amide bonds. The van der Waals surface area contributed by atoms with Gasteiger partial charge in [-0.15, -0.1) is 0 Å². The van der Waals surface area contributed by atoms with Gasteiger partial charge >= 0.3 is 5.97 Å². The third-order valence-electron chi connectivity index (χ3n) is 0.476. The summed E-state index contributed by atoms with van der Waals surface area (Å²) in [5, 5.41) is 12.7. The number of hydrogen-bond acceptors (Lipinski definition) is 1. The minimum absolute atomic E-state index is 0.0833. The predicted molar refractivity (Wildman–Crippen MR) is 24.8 cm³/mol. The Bertz CT molecular complexity index is 117. The van der Waals surface area contributed by atoms with E-state index in [4.69, 9.17) is 10.5 Å². The first-order valence-corrected chi connectivity index (χ1v) is 1.65. The van der Waals surface area contributed by atoms with E-state index in [1.807, 2.05) is 0 Å². The van der Waals surface area contributed by atoms with Crippen molar-refractivity contribution in [3.05, 3.63) is 12.2 Å². The van der Waals surface area contributed by atoms with Crippen molar-refractivity contribution >= 4 is 12.2 Å². The summed E-state index contributed by atoms with van der Waals surface area (Å²) in [7, 11) is 0. The summed E-state index contributed by atoms with van der Waals surface area (Å²) in [5.74, 6) is -1.08. The average Bonchev–Trinajstić information content (AvgIpc) is 1.65. The highest BCUT2D eigenvalue weighted by Crippen LogP contribution is 1.77. The van der Waals surface area contributed by atoms with Crippen LogP contribution in [0.3, 0.4) is 0 Å². The fourth-order valence-corrected chi connectivity index (χ4v) is 0.0713. The molecule has 38 valence electrons. The molecule has 3 heteroatoms. The van der Waals surface area contributed by atoms with E-state index in [2.05, 4.69) is 6.58 Å². The zero-order valence-electron chi connectivity index (χ0n) is 3.72. The molecule has 0 fully saturated rings. The zero-order valence-corrected chi connectivity index (χ0v) is 3.72. The lowest BCUT2D eigenvalue weighted by Crippen LogP contribution is -2.31. The SMILES string of the molecule is C=C(C=[NH2+])C(=O)O. The van der Waals surface area contributed by atoms with Crippen molar-refractivity contribution < 1.29 is 15.3 Å². The molecule has 0 aromatic carbocycles. The van der Waals surface area contributed by atoms with Gasteiger partial charge in [-0.05, 0) is 0 Å². The number of rotatable bonds is 2. The Morgan fingerprint density at radius 3 is 2.29 bits per heavy atom. The summed E-state index contributed by atoms with van der Waals surface area (Å²) in [4.78, 5) is 9.72. The lowest BCUT2D eigenvalue weighted by atomic mass is 10.3. The first-order chi connectivity index (χ1) is 3.18. The first kappa shape index (κ1) is 5.88. The van der Waals surface area contributed by atoms with Crippen LogP contribution in [0.25, 0.3) is 0 Å². The Balaban J connectivity index is 3.81. The molecule has 0 aromatic rings. The number of aliphatic carboxylic acids is 1. The van der Waals surface area contributed by atoms with Gasteiger partial charge in [0.15, 0.2) is 6.21 Å². The van der Waals surface area contributed by atoms with Crippen molar-refractivity contribution in [1.29, 1.82) is 0 Å². The molecule has 0 heterocycles. The number of carboxylic acid groups (broad SMARTS) is 1. The molecule has 0 bridgehead atoms. The Hall–Kier alpha value is -1.12. The van der Waals surface area contributed by atoms with Gasteiger partial charge in [0.1, 0.15) is 5.57 Å². The fourth-order valence-electron chi connectivity index (χ4n) is 0.0713. The second-order valence-corrected chi connectivity index (χ2v) is 0.997. The quantitative estimate of drug-likeness (QED) is 0.326. The third kappa shape index (κ3) is 1.70. The Kier molecular flexibility index (Phi) is 1.78. The Labute approximate surface area is 40.8 Å². The van der Waals surface area contributed by atoms with Gasteiger partial charge in [-0.3, -0.25) is 5.41 Å². The van der Waals surface area contributed by atoms with Crippen molar-refractivity contribution in [1.82, 2.24) is 0 Å². The van der Waals surface area contributed by atoms with Crippen LogP contribution < -0.4 is 5.41 Å². The maximum absolute atomic E-state index is 9.72. The molecular weight excluding hydrogens is 94.0 g/mol. The fraction of sp³-hybridized carbons (Fsp3) is 0. The Morgan fingerprint density at radius 2 is 2.29 bits per heavy atom. The van der Waals surface area contributed by atoms with Gasteiger partial charge in [0.05, 0.1) is 0 Å². The largest absolute Gasteiger partial charge is 0.477 e. The van der Waals surface area contributed by atoms with Crippen LogP contribution in [0.1, 0.15) is 0 Å². The van der Waals surface area contributed by atoms with E-state index in [-0.39, 0.29) is 5.57 Å². The molecule has 0 aromatic heterocycles. The van der Waals surface area contributed by atoms with Crippen molar-refractivity contribution in [2.75, 3.05) is 0 Å². The summed E-state index contributed by atoms with van der Waals surface area (Å²) in [6.45, 7) is 3.09. The minimum Gasteiger partial charge on any atom is -0.477 e. The third-order valence-corrected chi connectivity index (χ3v) is 0.476. The lowest BCUT2D eigenvalue weighted by Gasteiger charge is -1.78. The molecule has 0 saturated carbocycles. The molecule has 0 radical (unpaired) electrons. The van der Waals surface area contributed by atoms with Crippen molar-refractivity contribution in [3.8, 4) is 0 Å². The summed E-state index contributed by atoms with van der Waals surface area (Å²) < 4.78 is 0. The number of nitrogens with two attached hydrogens (primary N) is 1. The second-order valence-electron chi connectivity index (χ2n) is 0.997. The summed E-state index contributed by atoms with van der Waals surface area (Å²) in [5.41, 5.74) is -0.0833. The van der Waals surface area contributed by atoms with Gasteiger partial charge in [-0.2, -0.15) is 0 Å². The molecule has 0 aliphatic heterocycles. The Morgan fingerprint density at radius 1 is 1.86 bits per heavy atom. The molecular formula is C4H6NO2+. The summed E-state index contributed by atoms with van der Waals surface area (Å²) in [6, 6.07) is 0. The molecule has 7 heavy (non-hydrogen) atoms. The van der Waals surface area contributed by atoms with Gasteiger partial charge in [-0.25, -0.2) is 4.79 Å². The average molecular weight is 100 g/mol. The van der Waals surface area contributed by atoms with Crippen LogP contribution in [0, 0.1) is 0 Å². The molecule has 3 N–H and O–H groups in total. The second kappa shape index (κ2) is 2.12. The van der Waals surface area contributed by atoms with Gasteiger partial charge in [0.2, 0.25) is 0 Å². The van der Waals surface area contributed by atoms with E-state index in [0.717, 1.165) is 6.21 Å². The standard InChI is InChI=1S/C4H5NO2/c1-3(2-5)4(6)7/h2,5H,1H2,(H,6,7)/p+1. The zero-order chi connectivity index (χ0) is 5.86. The van der Waals surface area contributed by atoms with E-state index in [1.54, 1.807) is 0 Å². The van der Waals surface area contributed by atoms with Crippen LogP contribution in [-0.2, 0) is 4.79 Å². The van der Waals surface area contributed by atoms with Crippen LogP contribution >= 0.6 is 0 Å². The number of carboxylic acids is 1. The van der Waals surface area contributed by atoms with Gasteiger partial charge in [0.25, 0.3) is 0 Å². The highest BCUT2D eigenvalue weighted by molar-refractivity contribution is 6.05. The smallest absolute Gasteiger partial charge is 0.341 e. The molecule has 3 nitrogen and oxygen atoms in total. The normalized spacial score (nSPS) is 7.43. The van der Waals surface area contributed by atoms with E-state index in [1.165, 1.54) is 0 Å². The van der Waals surface area contributed by atoms with E-state index in [9.17, 15) is 4.79 Å². The maximum atomic E-state index is 9.72. The van der Waals surface area contributed by atoms with E-state index >= 15 is 0 Å². The van der Waals surface area contributed by atoms with Gasteiger partial charge in [-0.1, -0.05) is 6.58 Å². The molecule has 0 rings (SSSR count). The van der Waals surface area contributed by atoms with Crippen LogP contribution in [0.4, 0.5) is 0 Å². The topological polar surface area (TPSA) is 62.9 Å². The minimum atomic E-state index is -1.08. The molecule has 0 unspecified atom stereocenters. The van der Waals surface area contributed by atoms with Crippen LogP contribution in [0.15, 0.2) is 12.2 Å². The van der Waals surface area contributed by atoms with Crippen LogP contribution in [0.5, 0.6) is 0 Å². The summed E-state index contributed by atoms with van der Waals surface area (Å²) >= 11 is 0. The van der Waals surface area contributed by atoms with Gasteiger partial charge < -0.3 is 5.11 Å². The first-order valence-electron chi connectivity index (χ1n) is 1.65. The molecule has 0 atom stereocenters. The van der Waals surface area contributed by atoms with E-state index in [0.29, 0.717) is 0 Å². The predicted octanol–water partition coefficient (Wildman–Crippen LogP) is -1.54. The molecule has 0 aliphatic carbocycles. The van der Waals surface area contributed by atoms with E-state index < -0.39 is 5.97 Å². The molecule has 0 spiro atoms. The maximum Gasteiger partial charge on any atom is 0.341 e. The van der Waals surface area contributed by atoms with Crippen LogP contribution in [0.2, 0.25) is 0 Å². The van der Waals surface area contributed by atoms with Crippen molar-refractivity contribution in [2.24, 2.45) is 0 Å². The van der Waals surface area contributed by atoms with Crippen LogP contribution in [-0.4, -0.2) is 17.3 Å². The molecule has 0 aliphatic rings. The summed E-state index contributed by atoms with van der Waals surface area (Å²) in [6.07, 6.45) is 0.947. The highest BCUT2D eigenvalue weighted by atomic mass is 16.4. The monoisotopic (exact) mass is 100 g/mol. The molecule has 0 saturated heterocycles. The van der Waals surface area contributed by atoms with Crippen molar-refractivity contribution in [3.63, 3.8) is 0 Å². The highest BCUT2D eigenvalue weighted by Gasteiger charge is 1.98. The number of hydrogen-bond donors (Lipinski definition) is 2.